The molecule has 0 aromatic carbocycles. The number of nitrogens with zero attached hydrogens (tertiary/aromatic N) is 2. The molecule has 1 aliphatic rings. The Bertz CT molecular complexity index is 742. The Balaban J connectivity index is 2.32. The summed E-state index contributed by atoms with van der Waals surface area (Å²) in [5, 5.41) is 3.90. The highest BCUT2D eigenvalue weighted by Crippen LogP contribution is 2.24. The number of H-pyrrole nitrogens is 1. The number of unbranched alkanes of at least 4 members (excludes halogenated alkanes) is 1. The van der Waals surface area contributed by atoms with Gasteiger partial charge in [0.15, 0.2) is 10.8 Å². The van der Waals surface area contributed by atoms with E-state index < -0.39 is 11.2 Å². The lowest BCUT2D eigenvalue weighted by Gasteiger charge is -2.34. The maximum atomic E-state index is 12.5. The minimum atomic E-state index is -0.497. The van der Waals surface area contributed by atoms with E-state index in [1.807, 2.05) is 13.8 Å². The van der Waals surface area contributed by atoms with Crippen molar-refractivity contribution in [2.75, 3.05) is 17.2 Å². The van der Waals surface area contributed by atoms with Crippen molar-refractivity contribution in [3.05, 3.63) is 20.8 Å². The summed E-state index contributed by atoms with van der Waals surface area (Å²) in [6, 6.07) is 0.302. The van der Waals surface area contributed by atoms with Crippen LogP contribution in [0.1, 0.15) is 59.3 Å². The molecular formula is C18H31N5O2S. The van der Waals surface area contributed by atoms with Crippen molar-refractivity contribution in [2.45, 2.75) is 71.9 Å². The monoisotopic (exact) mass is 381 g/mol. The average molecular weight is 382 g/mol. The summed E-state index contributed by atoms with van der Waals surface area (Å²) in [7, 11) is 0. The molecule has 1 fully saturated rings. The van der Waals surface area contributed by atoms with Crippen LogP contribution in [-0.2, 0) is 6.54 Å². The van der Waals surface area contributed by atoms with E-state index in [-0.39, 0.29) is 11.5 Å². The van der Waals surface area contributed by atoms with Crippen LogP contribution in [0.4, 0.5) is 11.5 Å². The number of aromatic amines is 1. The number of hydrogen-bond acceptors (Lipinski definition) is 4. The molecule has 0 spiro atoms. The third kappa shape index (κ3) is 4.47. The van der Waals surface area contributed by atoms with Gasteiger partial charge in [-0.1, -0.05) is 33.1 Å². The number of thiocarbonyl (C=S) groups is 1. The molecule has 1 aromatic heterocycles. The SMILES string of the molecule is CCCCn1c(N)c(N(CC)C(=S)N[C@@H]2CCCC[C@H]2C)c(=O)[nH]c1=O. The molecule has 0 aliphatic heterocycles. The summed E-state index contributed by atoms with van der Waals surface area (Å²) in [5.41, 5.74) is 5.50. The van der Waals surface area contributed by atoms with Crippen molar-refractivity contribution in [3.8, 4) is 0 Å². The van der Waals surface area contributed by atoms with Crippen LogP contribution in [0.25, 0.3) is 0 Å². The molecule has 4 N–H and O–H groups in total. The minimum Gasteiger partial charge on any atom is -0.383 e. The number of nitrogens with one attached hydrogen (secondary N) is 2. The van der Waals surface area contributed by atoms with Crippen LogP contribution in [0.3, 0.4) is 0 Å². The van der Waals surface area contributed by atoms with Crippen molar-refractivity contribution in [1.82, 2.24) is 14.9 Å². The number of hydrogen-bond donors (Lipinski definition) is 3. The molecule has 146 valence electrons. The van der Waals surface area contributed by atoms with Crippen molar-refractivity contribution in [2.24, 2.45) is 5.92 Å². The van der Waals surface area contributed by atoms with E-state index in [1.165, 1.54) is 23.8 Å². The van der Waals surface area contributed by atoms with Gasteiger partial charge >= 0.3 is 5.69 Å². The Hall–Kier alpha value is -1.83. The smallest absolute Gasteiger partial charge is 0.330 e. The lowest BCUT2D eigenvalue weighted by Crippen LogP contribution is -2.50. The predicted octanol–water partition coefficient (Wildman–Crippen LogP) is 2.20. The first kappa shape index (κ1) is 20.5. The standard InChI is InChI=1S/C18H31N5O2S/c1-4-6-11-23-15(19)14(16(24)21-17(23)25)22(5-2)18(26)20-13-10-8-7-9-12(13)3/h12-13H,4-11,19H2,1-3H3,(H,20,26)(H,21,24,25)/t12-,13-/m1/s1. The van der Waals surface area contributed by atoms with Gasteiger partial charge in [0.1, 0.15) is 5.82 Å². The van der Waals surface area contributed by atoms with Crippen molar-refractivity contribution in [1.29, 1.82) is 0 Å². The number of nitrogens with two attached hydrogens (primary N) is 1. The highest BCUT2D eigenvalue weighted by molar-refractivity contribution is 7.80. The van der Waals surface area contributed by atoms with E-state index in [0.717, 1.165) is 19.3 Å². The zero-order valence-corrected chi connectivity index (χ0v) is 16.8. The summed E-state index contributed by atoms with van der Waals surface area (Å²) < 4.78 is 1.43. The van der Waals surface area contributed by atoms with Gasteiger partial charge in [-0.25, -0.2) is 4.79 Å². The highest BCUT2D eigenvalue weighted by atomic mass is 32.1. The van der Waals surface area contributed by atoms with Gasteiger partial charge in [-0.05, 0) is 44.3 Å². The largest absolute Gasteiger partial charge is 0.383 e. The summed E-state index contributed by atoms with van der Waals surface area (Å²) in [6.45, 7) is 7.14. The van der Waals surface area contributed by atoms with Gasteiger partial charge in [0.25, 0.3) is 5.56 Å². The fourth-order valence-electron chi connectivity index (χ4n) is 3.55. The summed E-state index contributed by atoms with van der Waals surface area (Å²) in [5.74, 6) is 0.712. The molecule has 1 aromatic rings. The van der Waals surface area contributed by atoms with Crippen molar-refractivity contribution in [3.63, 3.8) is 0 Å². The molecule has 2 atom stereocenters. The second-order valence-corrected chi connectivity index (χ2v) is 7.45. The van der Waals surface area contributed by atoms with Crippen LogP contribution in [0.5, 0.6) is 0 Å². The van der Waals surface area contributed by atoms with E-state index in [0.29, 0.717) is 30.2 Å². The molecule has 0 radical (unpaired) electrons. The molecule has 1 heterocycles. The average Bonchev–Trinajstić information content (AvgIpc) is 2.60. The highest BCUT2D eigenvalue weighted by Gasteiger charge is 2.26. The van der Waals surface area contributed by atoms with Gasteiger partial charge in [0.05, 0.1) is 0 Å². The third-order valence-corrected chi connectivity index (χ3v) is 5.54. The van der Waals surface area contributed by atoms with Crippen molar-refractivity contribution >= 4 is 28.8 Å². The zero-order valence-electron chi connectivity index (χ0n) is 16.0. The Kier molecular flexibility index (Phi) is 7.25. The molecule has 26 heavy (non-hydrogen) atoms. The van der Waals surface area contributed by atoms with Gasteiger partial charge in [-0.15, -0.1) is 0 Å². The van der Waals surface area contributed by atoms with Crippen LogP contribution in [0, 0.1) is 5.92 Å². The normalized spacial score (nSPS) is 20.0. The fraction of sp³-hybridized carbons (Fsp3) is 0.722. The molecule has 7 nitrogen and oxygen atoms in total. The first-order valence-electron chi connectivity index (χ1n) is 9.61. The lowest BCUT2D eigenvalue weighted by atomic mass is 9.86. The maximum absolute atomic E-state index is 12.5. The molecule has 1 aliphatic carbocycles. The Morgan fingerprint density at radius 1 is 1.35 bits per heavy atom. The topological polar surface area (TPSA) is 96.2 Å². The second kappa shape index (κ2) is 9.21. The van der Waals surface area contributed by atoms with E-state index in [1.54, 1.807) is 4.90 Å². The number of nitrogen functional groups attached to an aromatic ring is 1. The van der Waals surface area contributed by atoms with Crippen LogP contribution in [0.2, 0.25) is 0 Å². The van der Waals surface area contributed by atoms with Crippen LogP contribution >= 0.6 is 12.2 Å². The number of aromatic nitrogens is 2. The first-order valence-corrected chi connectivity index (χ1v) is 10.0. The van der Waals surface area contributed by atoms with Gasteiger partial charge in [0.2, 0.25) is 0 Å². The summed E-state index contributed by atoms with van der Waals surface area (Å²) in [4.78, 5) is 28.7. The lowest BCUT2D eigenvalue weighted by molar-refractivity contribution is 0.309. The summed E-state index contributed by atoms with van der Waals surface area (Å²) >= 11 is 5.59. The zero-order chi connectivity index (χ0) is 19.3. The molecule has 0 unspecified atom stereocenters. The van der Waals surface area contributed by atoms with Crippen LogP contribution < -0.4 is 27.2 Å². The Labute approximate surface area is 160 Å². The number of rotatable bonds is 6. The first-order chi connectivity index (χ1) is 12.4. The minimum absolute atomic E-state index is 0.176. The Morgan fingerprint density at radius 3 is 2.65 bits per heavy atom. The molecule has 2 rings (SSSR count). The maximum Gasteiger partial charge on any atom is 0.330 e. The number of anilines is 2. The van der Waals surface area contributed by atoms with Crippen LogP contribution in [0.15, 0.2) is 9.59 Å². The third-order valence-electron chi connectivity index (χ3n) is 5.20. The molecule has 8 heteroatoms. The molecule has 0 saturated heterocycles. The predicted molar refractivity (Wildman–Crippen MR) is 111 cm³/mol. The van der Waals surface area contributed by atoms with Gasteiger partial charge in [-0.3, -0.25) is 14.3 Å². The summed E-state index contributed by atoms with van der Waals surface area (Å²) in [6.07, 6.45) is 6.42. The Morgan fingerprint density at radius 2 is 2.04 bits per heavy atom. The quantitative estimate of drug-likeness (QED) is 0.654. The van der Waals surface area contributed by atoms with Crippen molar-refractivity contribution < 1.29 is 0 Å². The molecular weight excluding hydrogens is 350 g/mol. The molecule has 0 bridgehead atoms. The van der Waals surface area contributed by atoms with Gasteiger partial charge in [-0.2, -0.15) is 0 Å². The second-order valence-electron chi connectivity index (χ2n) is 7.06. The van der Waals surface area contributed by atoms with Crippen LogP contribution in [-0.4, -0.2) is 27.3 Å². The van der Waals surface area contributed by atoms with E-state index in [4.69, 9.17) is 18.0 Å². The van der Waals surface area contributed by atoms with Gasteiger partial charge in [0, 0.05) is 19.1 Å². The molecule has 1 saturated carbocycles. The van der Waals surface area contributed by atoms with E-state index >= 15 is 0 Å². The molecule has 0 amide bonds. The fourth-order valence-corrected chi connectivity index (χ4v) is 3.92. The van der Waals surface area contributed by atoms with E-state index in [9.17, 15) is 9.59 Å². The van der Waals surface area contributed by atoms with E-state index in [2.05, 4.69) is 17.2 Å². The van der Waals surface area contributed by atoms with Gasteiger partial charge < -0.3 is 16.0 Å².